The lowest BCUT2D eigenvalue weighted by Gasteiger charge is -2.14. The molecule has 2 amide bonds. The molecule has 0 saturated heterocycles. The lowest BCUT2D eigenvalue weighted by Crippen LogP contribution is -2.16. The van der Waals surface area contributed by atoms with Gasteiger partial charge in [-0.15, -0.1) is 0 Å². The summed E-state index contributed by atoms with van der Waals surface area (Å²) in [5, 5.41) is 15.1. The smallest absolute Gasteiger partial charge is 0.321 e. The Hall–Kier alpha value is -5.00. The highest BCUT2D eigenvalue weighted by atomic mass is 19.4. The van der Waals surface area contributed by atoms with Gasteiger partial charge in [0.25, 0.3) is 11.8 Å². The highest BCUT2D eigenvalue weighted by Gasteiger charge is 2.36. The Balaban J connectivity index is 1.36. The summed E-state index contributed by atoms with van der Waals surface area (Å²) < 4.78 is 42.7. The number of hydrazone groups is 1. The topological polar surface area (TPSA) is 113 Å². The lowest BCUT2D eigenvalue weighted by atomic mass is 10.0. The number of alkyl halides is 3. The highest BCUT2D eigenvalue weighted by molar-refractivity contribution is 6.25. The van der Waals surface area contributed by atoms with Crippen molar-refractivity contribution >= 4 is 46.0 Å². The average molecular weight is 531 g/mol. The molecule has 1 aliphatic heterocycles. The summed E-state index contributed by atoms with van der Waals surface area (Å²) in [6, 6.07) is 9.84. The third kappa shape index (κ3) is 4.29. The Morgan fingerprint density at radius 2 is 2.03 bits per heavy atom. The predicted molar refractivity (Wildman–Crippen MR) is 141 cm³/mol. The van der Waals surface area contributed by atoms with Gasteiger partial charge in [0.05, 0.1) is 35.0 Å². The van der Waals surface area contributed by atoms with Crippen molar-refractivity contribution in [1.82, 2.24) is 14.8 Å². The van der Waals surface area contributed by atoms with E-state index >= 15 is 0 Å². The van der Waals surface area contributed by atoms with Crippen molar-refractivity contribution in [1.29, 1.82) is 0 Å². The molecule has 6 rings (SSSR count). The molecule has 12 heteroatoms. The van der Waals surface area contributed by atoms with Gasteiger partial charge in [-0.25, -0.2) is 9.67 Å². The summed E-state index contributed by atoms with van der Waals surface area (Å²) in [4.78, 5) is 29.5. The van der Waals surface area contributed by atoms with E-state index in [1.165, 1.54) is 18.5 Å². The molecule has 0 unspecified atom stereocenters. The summed E-state index contributed by atoms with van der Waals surface area (Å²) in [5.41, 5.74) is 3.88. The van der Waals surface area contributed by atoms with Crippen LogP contribution in [-0.4, -0.2) is 32.8 Å². The van der Waals surface area contributed by atoms with E-state index in [4.69, 9.17) is 0 Å². The van der Waals surface area contributed by atoms with Gasteiger partial charge in [-0.1, -0.05) is 18.7 Å². The van der Waals surface area contributed by atoms with Crippen LogP contribution in [0.2, 0.25) is 0 Å². The third-order valence-electron chi connectivity index (χ3n) is 6.56. The van der Waals surface area contributed by atoms with Crippen molar-refractivity contribution < 1.29 is 22.8 Å². The zero-order chi connectivity index (χ0) is 27.3. The molecule has 3 N–H and O–H groups in total. The number of carbonyl (C=O) groups excluding carboxylic acids is 2. The van der Waals surface area contributed by atoms with Crippen LogP contribution in [0.15, 0.2) is 66.5 Å². The van der Waals surface area contributed by atoms with Gasteiger partial charge in [0.1, 0.15) is 5.56 Å². The minimum Gasteiger partial charge on any atom is -0.321 e. The van der Waals surface area contributed by atoms with E-state index in [2.05, 4.69) is 37.8 Å². The van der Waals surface area contributed by atoms with Crippen molar-refractivity contribution in [2.24, 2.45) is 5.10 Å². The maximum Gasteiger partial charge on any atom is 0.420 e. The molecular weight excluding hydrogens is 511 g/mol. The highest BCUT2D eigenvalue weighted by Crippen LogP contribution is 2.44. The Morgan fingerprint density at radius 1 is 1.21 bits per heavy atom. The van der Waals surface area contributed by atoms with Crippen LogP contribution >= 0.6 is 0 Å². The number of rotatable bonds is 7. The minimum absolute atomic E-state index is 0.0641. The Kier molecular flexibility index (Phi) is 5.67. The van der Waals surface area contributed by atoms with Crippen LogP contribution in [0, 0.1) is 0 Å². The zero-order valence-electron chi connectivity index (χ0n) is 20.2. The van der Waals surface area contributed by atoms with Gasteiger partial charge in [0.15, 0.2) is 5.82 Å². The van der Waals surface area contributed by atoms with Crippen molar-refractivity contribution in [3.8, 4) is 5.69 Å². The molecule has 0 spiro atoms. The fraction of sp³-hybridized carbons (Fsp3) is 0.148. The normalized spacial score (nSPS) is 14.6. The number of nitrogens with zero attached hydrogens (tertiary/aromatic N) is 4. The van der Waals surface area contributed by atoms with E-state index < -0.39 is 23.5 Å². The number of nitrogens with one attached hydrogen (secondary N) is 3. The van der Waals surface area contributed by atoms with Gasteiger partial charge >= 0.3 is 6.18 Å². The number of halogens is 3. The standard InChI is InChI=1S/C27H20F3N7O2/c1-2-10-32-36-24-19(27(28,29)30)11-15(12-31-24)34-26(39)18-13-33-37(23(18)14-6-7-14)21-9-8-20-22-16(21)4-3-5-17(22)25(38)35-20/h2-5,8-14H,1,6-7H2,(H,31,36)(H,34,39)(H,35,38)/b32-10-. The summed E-state index contributed by atoms with van der Waals surface area (Å²) in [6.07, 6.45) is 1.96. The molecule has 4 aromatic rings. The van der Waals surface area contributed by atoms with Crippen LogP contribution in [0.5, 0.6) is 0 Å². The lowest BCUT2D eigenvalue weighted by molar-refractivity contribution is -0.137. The molecular formula is C27H20F3N7O2. The van der Waals surface area contributed by atoms with Crippen molar-refractivity contribution in [3.05, 3.63) is 83.8 Å². The van der Waals surface area contributed by atoms with E-state index in [-0.39, 0.29) is 23.1 Å². The first kappa shape index (κ1) is 24.3. The number of anilines is 3. The van der Waals surface area contributed by atoms with Gasteiger partial charge in [-0.05, 0) is 43.2 Å². The fourth-order valence-corrected chi connectivity index (χ4v) is 4.72. The molecule has 2 aliphatic rings. The molecule has 9 nitrogen and oxygen atoms in total. The van der Waals surface area contributed by atoms with Gasteiger partial charge in [0, 0.05) is 34.2 Å². The minimum atomic E-state index is -4.74. The molecule has 0 radical (unpaired) electrons. The number of allylic oxidation sites excluding steroid dienone is 1. The summed E-state index contributed by atoms with van der Waals surface area (Å²) in [5.74, 6) is -1.23. The van der Waals surface area contributed by atoms with Gasteiger partial charge in [0.2, 0.25) is 0 Å². The van der Waals surface area contributed by atoms with Crippen LogP contribution in [0.1, 0.15) is 50.7 Å². The second-order valence-electron chi connectivity index (χ2n) is 9.14. The first-order valence-electron chi connectivity index (χ1n) is 12.0. The quantitative estimate of drug-likeness (QED) is 0.209. The largest absolute Gasteiger partial charge is 0.420 e. The Morgan fingerprint density at radius 3 is 2.77 bits per heavy atom. The van der Waals surface area contributed by atoms with Gasteiger partial charge in [-0.3, -0.25) is 15.0 Å². The number of benzene rings is 2. The van der Waals surface area contributed by atoms with E-state index in [0.29, 0.717) is 22.6 Å². The molecule has 2 aromatic carbocycles. The summed E-state index contributed by atoms with van der Waals surface area (Å²) >= 11 is 0. The van der Waals surface area contributed by atoms with E-state index in [9.17, 15) is 22.8 Å². The van der Waals surface area contributed by atoms with Crippen molar-refractivity contribution in [2.45, 2.75) is 24.9 Å². The molecule has 2 aromatic heterocycles. The third-order valence-corrected chi connectivity index (χ3v) is 6.56. The van der Waals surface area contributed by atoms with Gasteiger partial charge in [-0.2, -0.15) is 23.4 Å². The molecule has 1 aliphatic carbocycles. The number of hydrogen-bond donors (Lipinski definition) is 3. The number of pyridine rings is 1. The SMILES string of the molecule is C=C/C=N\Nc1ncc(NC(=O)c2cnn(-c3ccc4c5c(cccc35)C(=O)N4)c2C2CC2)cc1C(F)(F)F. The summed E-state index contributed by atoms with van der Waals surface area (Å²) in [6.45, 7) is 3.41. The van der Waals surface area contributed by atoms with Crippen molar-refractivity contribution in [2.75, 3.05) is 16.1 Å². The van der Waals surface area contributed by atoms with Crippen LogP contribution < -0.4 is 16.1 Å². The maximum atomic E-state index is 13.7. The van der Waals surface area contributed by atoms with Gasteiger partial charge < -0.3 is 10.6 Å². The first-order valence-corrected chi connectivity index (χ1v) is 12.0. The van der Waals surface area contributed by atoms with Crippen LogP contribution in [0.4, 0.5) is 30.4 Å². The van der Waals surface area contributed by atoms with E-state index in [0.717, 1.165) is 35.9 Å². The molecule has 3 heterocycles. The van der Waals surface area contributed by atoms with Crippen LogP contribution in [0.3, 0.4) is 0 Å². The monoisotopic (exact) mass is 531 g/mol. The second-order valence-corrected chi connectivity index (χ2v) is 9.14. The molecule has 1 saturated carbocycles. The second kappa shape index (κ2) is 9.08. The molecule has 196 valence electrons. The number of carbonyl (C=O) groups is 2. The molecule has 39 heavy (non-hydrogen) atoms. The molecule has 1 fully saturated rings. The average Bonchev–Trinajstić information content (AvgIpc) is 3.57. The molecule has 0 bridgehead atoms. The fourth-order valence-electron chi connectivity index (χ4n) is 4.72. The Bertz CT molecular complexity index is 1700. The van der Waals surface area contributed by atoms with E-state index in [1.54, 1.807) is 22.9 Å². The first-order chi connectivity index (χ1) is 18.8. The predicted octanol–water partition coefficient (Wildman–Crippen LogP) is 5.72. The number of amides is 2. The number of hydrogen-bond acceptors (Lipinski definition) is 6. The van der Waals surface area contributed by atoms with Crippen LogP contribution in [0.25, 0.3) is 16.5 Å². The number of aromatic nitrogens is 3. The van der Waals surface area contributed by atoms with Crippen molar-refractivity contribution in [3.63, 3.8) is 0 Å². The zero-order valence-corrected chi connectivity index (χ0v) is 20.2. The maximum absolute atomic E-state index is 13.7. The Labute approximate surface area is 219 Å². The molecule has 0 atom stereocenters. The van der Waals surface area contributed by atoms with E-state index in [1.807, 2.05) is 12.1 Å². The van der Waals surface area contributed by atoms with Crippen LogP contribution in [-0.2, 0) is 6.18 Å². The summed E-state index contributed by atoms with van der Waals surface area (Å²) in [7, 11) is 0.